The third kappa shape index (κ3) is 1.94. The van der Waals surface area contributed by atoms with E-state index in [0.717, 1.165) is 16.7 Å². The summed E-state index contributed by atoms with van der Waals surface area (Å²) in [7, 11) is 0. The lowest BCUT2D eigenvalue weighted by atomic mass is 9.84. The lowest BCUT2D eigenvalue weighted by molar-refractivity contribution is -0.144. The molecule has 0 amide bonds. The fourth-order valence-electron chi connectivity index (χ4n) is 1.97. The van der Waals surface area contributed by atoms with Crippen LogP contribution in [0.4, 0.5) is 0 Å². The normalized spacial score (nSPS) is 23.6. The topological polar surface area (TPSA) is 40.5 Å². The summed E-state index contributed by atoms with van der Waals surface area (Å²) < 4.78 is 0. The van der Waals surface area contributed by atoms with Gasteiger partial charge in [0.1, 0.15) is 0 Å². The van der Waals surface area contributed by atoms with E-state index in [1.807, 2.05) is 43.3 Å². The van der Waals surface area contributed by atoms with Gasteiger partial charge in [-0.2, -0.15) is 0 Å². The quantitative estimate of drug-likeness (QED) is 0.707. The Morgan fingerprint density at radius 3 is 2.38 bits per heavy atom. The molecule has 1 aromatic rings. The molecule has 1 aliphatic carbocycles. The molecule has 0 spiro atoms. The summed E-state index contributed by atoms with van der Waals surface area (Å²) in [5, 5.41) is 19.4. The van der Waals surface area contributed by atoms with Gasteiger partial charge in [0, 0.05) is 5.92 Å². The first-order valence-corrected chi connectivity index (χ1v) is 5.42. The number of hydrogen-bond acceptors (Lipinski definition) is 2. The Balaban J connectivity index is 2.42. The Morgan fingerprint density at radius 2 is 1.75 bits per heavy atom. The Kier molecular flexibility index (Phi) is 2.70. The summed E-state index contributed by atoms with van der Waals surface area (Å²) in [6.07, 6.45) is 3.42. The Labute approximate surface area is 95.6 Å². The molecule has 2 heteroatoms. The SMILES string of the molecule is CC1=CC(O)(O)[C@H](C)C=C1c1ccccc1. The maximum absolute atomic E-state index is 9.71. The molecule has 0 radical (unpaired) electrons. The molecule has 0 saturated heterocycles. The molecule has 2 N–H and O–H groups in total. The van der Waals surface area contributed by atoms with Crippen molar-refractivity contribution in [3.8, 4) is 0 Å². The molecule has 2 nitrogen and oxygen atoms in total. The molecule has 0 unspecified atom stereocenters. The van der Waals surface area contributed by atoms with Crippen molar-refractivity contribution in [2.45, 2.75) is 19.6 Å². The molecule has 2 rings (SSSR count). The second kappa shape index (κ2) is 3.89. The minimum absolute atomic E-state index is 0.300. The number of aliphatic hydroxyl groups is 2. The van der Waals surface area contributed by atoms with Crippen molar-refractivity contribution in [1.82, 2.24) is 0 Å². The van der Waals surface area contributed by atoms with E-state index in [9.17, 15) is 10.2 Å². The van der Waals surface area contributed by atoms with Crippen molar-refractivity contribution in [3.63, 3.8) is 0 Å². The predicted molar refractivity (Wildman–Crippen MR) is 64.5 cm³/mol. The van der Waals surface area contributed by atoms with Crippen LogP contribution in [0.5, 0.6) is 0 Å². The molecule has 0 aromatic heterocycles. The first-order chi connectivity index (χ1) is 7.50. The van der Waals surface area contributed by atoms with Gasteiger partial charge in [-0.1, -0.05) is 43.3 Å². The van der Waals surface area contributed by atoms with E-state index in [0.29, 0.717) is 0 Å². The molecule has 84 valence electrons. The Bertz CT molecular complexity index is 441. The van der Waals surface area contributed by atoms with Gasteiger partial charge in [0.05, 0.1) is 0 Å². The third-order valence-electron chi connectivity index (χ3n) is 3.03. The first kappa shape index (κ1) is 11.1. The molecular weight excluding hydrogens is 200 g/mol. The Hall–Kier alpha value is -1.38. The van der Waals surface area contributed by atoms with Crippen LogP contribution in [-0.4, -0.2) is 16.0 Å². The first-order valence-electron chi connectivity index (χ1n) is 5.42. The average Bonchev–Trinajstić information content (AvgIpc) is 2.24. The van der Waals surface area contributed by atoms with E-state index < -0.39 is 5.79 Å². The number of allylic oxidation sites excluding steroid dienone is 2. The molecule has 0 bridgehead atoms. The molecule has 1 atom stereocenters. The van der Waals surface area contributed by atoms with Crippen LogP contribution in [0, 0.1) is 5.92 Å². The van der Waals surface area contributed by atoms with Gasteiger partial charge >= 0.3 is 0 Å². The van der Waals surface area contributed by atoms with Gasteiger partial charge in [-0.25, -0.2) is 0 Å². The summed E-state index contributed by atoms with van der Waals surface area (Å²) >= 11 is 0. The van der Waals surface area contributed by atoms with Gasteiger partial charge in [0.15, 0.2) is 5.79 Å². The summed E-state index contributed by atoms with van der Waals surface area (Å²) in [4.78, 5) is 0. The van der Waals surface area contributed by atoms with E-state index in [1.54, 1.807) is 6.92 Å². The van der Waals surface area contributed by atoms with Crippen LogP contribution < -0.4 is 0 Å². The maximum Gasteiger partial charge on any atom is 0.189 e. The molecule has 0 heterocycles. The van der Waals surface area contributed by atoms with Gasteiger partial charge in [-0.15, -0.1) is 0 Å². The number of rotatable bonds is 1. The smallest absolute Gasteiger partial charge is 0.189 e. The summed E-state index contributed by atoms with van der Waals surface area (Å²) in [5.41, 5.74) is 3.08. The summed E-state index contributed by atoms with van der Waals surface area (Å²) in [6.45, 7) is 3.69. The van der Waals surface area contributed by atoms with Crippen molar-refractivity contribution >= 4 is 5.57 Å². The third-order valence-corrected chi connectivity index (χ3v) is 3.03. The zero-order chi connectivity index (χ0) is 11.8. The zero-order valence-corrected chi connectivity index (χ0v) is 9.51. The minimum atomic E-state index is -1.72. The van der Waals surface area contributed by atoms with Crippen LogP contribution >= 0.6 is 0 Å². The van der Waals surface area contributed by atoms with Gasteiger partial charge in [0.2, 0.25) is 0 Å². The van der Waals surface area contributed by atoms with Gasteiger partial charge in [-0.3, -0.25) is 0 Å². The Morgan fingerprint density at radius 1 is 1.12 bits per heavy atom. The second-order valence-electron chi connectivity index (χ2n) is 4.35. The van der Waals surface area contributed by atoms with Crippen LogP contribution in [0.1, 0.15) is 19.4 Å². The maximum atomic E-state index is 9.71. The van der Waals surface area contributed by atoms with Gasteiger partial charge in [-0.05, 0) is 29.7 Å². The van der Waals surface area contributed by atoms with Crippen molar-refractivity contribution in [2.75, 3.05) is 0 Å². The molecular formula is C14H16O2. The lowest BCUT2D eigenvalue weighted by Gasteiger charge is -2.29. The molecule has 0 saturated carbocycles. The highest BCUT2D eigenvalue weighted by atomic mass is 16.5. The van der Waals surface area contributed by atoms with Crippen molar-refractivity contribution in [3.05, 3.63) is 53.6 Å². The van der Waals surface area contributed by atoms with Crippen molar-refractivity contribution < 1.29 is 10.2 Å². The summed E-state index contributed by atoms with van der Waals surface area (Å²) in [6, 6.07) is 9.98. The zero-order valence-electron chi connectivity index (χ0n) is 9.51. The highest BCUT2D eigenvalue weighted by molar-refractivity contribution is 5.80. The number of benzene rings is 1. The van der Waals surface area contributed by atoms with E-state index in [1.165, 1.54) is 6.08 Å². The van der Waals surface area contributed by atoms with Crippen LogP contribution in [0.2, 0.25) is 0 Å². The fourth-order valence-corrected chi connectivity index (χ4v) is 1.97. The summed E-state index contributed by atoms with van der Waals surface area (Å²) in [5.74, 6) is -2.02. The predicted octanol–water partition coefficient (Wildman–Crippen LogP) is 2.35. The van der Waals surface area contributed by atoms with E-state index in [4.69, 9.17) is 0 Å². The van der Waals surface area contributed by atoms with E-state index in [-0.39, 0.29) is 5.92 Å². The van der Waals surface area contributed by atoms with Crippen molar-refractivity contribution in [2.24, 2.45) is 5.92 Å². The van der Waals surface area contributed by atoms with Crippen LogP contribution in [0.25, 0.3) is 5.57 Å². The van der Waals surface area contributed by atoms with E-state index >= 15 is 0 Å². The minimum Gasteiger partial charge on any atom is -0.362 e. The highest BCUT2D eigenvalue weighted by Crippen LogP contribution is 2.34. The molecule has 1 aliphatic rings. The fraction of sp³-hybridized carbons (Fsp3) is 0.286. The van der Waals surface area contributed by atoms with Gasteiger partial charge < -0.3 is 10.2 Å². The molecule has 0 aliphatic heterocycles. The van der Waals surface area contributed by atoms with Crippen LogP contribution in [-0.2, 0) is 0 Å². The van der Waals surface area contributed by atoms with Crippen molar-refractivity contribution in [1.29, 1.82) is 0 Å². The highest BCUT2D eigenvalue weighted by Gasteiger charge is 2.31. The number of hydrogen-bond donors (Lipinski definition) is 2. The largest absolute Gasteiger partial charge is 0.362 e. The molecule has 1 aromatic carbocycles. The van der Waals surface area contributed by atoms with Crippen LogP contribution in [0.15, 0.2) is 48.1 Å². The lowest BCUT2D eigenvalue weighted by Crippen LogP contribution is -2.35. The standard InChI is InChI=1S/C14H16O2/c1-10-9-14(15,16)11(2)8-13(10)12-6-4-3-5-7-12/h3-9,11,15-16H,1-2H3/t11-/m1/s1. The average molecular weight is 216 g/mol. The van der Waals surface area contributed by atoms with Gasteiger partial charge in [0.25, 0.3) is 0 Å². The monoisotopic (exact) mass is 216 g/mol. The van der Waals surface area contributed by atoms with E-state index in [2.05, 4.69) is 0 Å². The van der Waals surface area contributed by atoms with Crippen LogP contribution in [0.3, 0.4) is 0 Å². The molecule has 0 fully saturated rings. The second-order valence-corrected chi connectivity index (χ2v) is 4.35. The molecule has 16 heavy (non-hydrogen) atoms.